The maximum absolute atomic E-state index is 11.3. The van der Waals surface area contributed by atoms with Gasteiger partial charge in [-0.25, -0.2) is 9.78 Å². The molecule has 2 atom stereocenters. The predicted molar refractivity (Wildman–Crippen MR) is 71.5 cm³/mol. The molecule has 0 radical (unpaired) electrons. The molecule has 18 heavy (non-hydrogen) atoms. The van der Waals surface area contributed by atoms with E-state index in [1.165, 1.54) is 18.6 Å². The first-order chi connectivity index (χ1) is 8.50. The van der Waals surface area contributed by atoms with E-state index in [0.717, 1.165) is 12.8 Å². The molecular weight excluding hydrogens is 252 g/mol. The highest BCUT2D eigenvalue weighted by molar-refractivity contribution is 6.29. The third kappa shape index (κ3) is 2.43. The van der Waals surface area contributed by atoms with Gasteiger partial charge >= 0.3 is 5.97 Å². The first-order valence-electron chi connectivity index (χ1n) is 6.19. The Morgan fingerprint density at radius 1 is 1.39 bits per heavy atom. The summed E-state index contributed by atoms with van der Waals surface area (Å²) >= 11 is 5.91. The average Bonchev–Trinajstić information content (AvgIpc) is 2.28. The van der Waals surface area contributed by atoms with E-state index in [1.807, 2.05) is 0 Å². The number of anilines is 1. The second-order valence-electron chi connectivity index (χ2n) is 4.85. The van der Waals surface area contributed by atoms with Gasteiger partial charge in [0.15, 0.2) is 0 Å². The van der Waals surface area contributed by atoms with E-state index in [4.69, 9.17) is 11.6 Å². The van der Waals surface area contributed by atoms with Crippen LogP contribution in [-0.2, 0) is 0 Å². The molecule has 1 N–H and O–H groups in total. The quantitative estimate of drug-likeness (QED) is 0.837. The van der Waals surface area contributed by atoms with Crippen LogP contribution in [-0.4, -0.2) is 28.1 Å². The van der Waals surface area contributed by atoms with Gasteiger partial charge in [-0.05, 0) is 45.2 Å². The third-order valence-corrected chi connectivity index (χ3v) is 3.72. The Morgan fingerprint density at radius 2 is 2.00 bits per heavy atom. The van der Waals surface area contributed by atoms with Crippen molar-refractivity contribution in [2.45, 2.75) is 45.2 Å². The number of nitrogens with zero attached hydrogens (tertiary/aromatic N) is 2. The second-order valence-corrected chi connectivity index (χ2v) is 5.23. The Kier molecular flexibility index (Phi) is 3.76. The zero-order valence-corrected chi connectivity index (χ0v) is 11.3. The van der Waals surface area contributed by atoms with Crippen molar-refractivity contribution in [3.8, 4) is 0 Å². The van der Waals surface area contributed by atoms with Crippen molar-refractivity contribution < 1.29 is 9.90 Å². The van der Waals surface area contributed by atoms with Crippen molar-refractivity contribution in [1.29, 1.82) is 0 Å². The number of piperidine rings is 1. The number of carboxylic acids is 1. The van der Waals surface area contributed by atoms with E-state index in [9.17, 15) is 9.90 Å². The molecule has 0 aromatic carbocycles. The van der Waals surface area contributed by atoms with Crippen LogP contribution in [0.15, 0.2) is 12.1 Å². The van der Waals surface area contributed by atoms with Crippen molar-refractivity contribution >= 4 is 23.4 Å². The number of aromatic carboxylic acids is 1. The van der Waals surface area contributed by atoms with Gasteiger partial charge in [-0.2, -0.15) is 0 Å². The fourth-order valence-electron chi connectivity index (χ4n) is 2.63. The summed E-state index contributed by atoms with van der Waals surface area (Å²) in [5, 5.41) is 9.58. The highest BCUT2D eigenvalue weighted by Crippen LogP contribution is 2.31. The molecule has 1 aromatic rings. The van der Waals surface area contributed by atoms with Crippen LogP contribution in [0.2, 0.25) is 5.15 Å². The van der Waals surface area contributed by atoms with Gasteiger partial charge in [-0.1, -0.05) is 11.6 Å². The second kappa shape index (κ2) is 5.14. The molecule has 2 rings (SSSR count). The van der Waals surface area contributed by atoms with Crippen LogP contribution >= 0.6 is 11.6 Å². The summed E-state index contributed by atoms with van der Waals surface area (Å²) < 4.78 is 0. The molecule has 0 amide bonds. The first-order valence-corrected chi connectivity index (χ1v) is 6.56. The third-order valence-electron chi connectivity index (χ3n) is 3.51. The zero-order chi connectivity index (χ0) is 13.3. The van der Waals surface area contributed by atoms with Gasteiger partial charge in [0.25, 0.3) is 0 Å². The molecule has 4 nitrogen and oxygen atoms in total. The lowest BCUT2D eigenvalue weighted by Crippen LogP contribution is -2.45. The molecule has 0 spiro atoms. The number of carboxylic acid groups (broad SMARTS) is 1. The van der Waals surface area contributed by atoms with Gasteiger partial charge in [-0.3, -0.25) is 0 Å². The summed E-state index contributed by atoms with van der Waals surface area (Å²) in [6, 6.07) is 3.63. The minimum atomic E-state index is -0.959. The van der Waals surface area contributed by atoms with Crippen molar-refractivity contribution in [1.82, 2.24) is 4.98 Å². The van der Waals surface area contributed by atoms with E-state index in [2.05, 4.69) is 23.7 Å². The molecule has 0 aliphatic carbocycles. The average molecular weight is 269 g/mol. The van der Waals surface area contributed by atoms with E-state index < -0.39 is 5.97 Å². The van der Waals surface area contributed by atoms with Crippen LogP contribution in [0.4, 0.5) is 5.82 Å². The largest absolute Gasteiger partial charge is 0.478 e. The van der Waals surface area contributed by atoms with Crippen LogP contribution in [0.5, 0.6) is 0 Å². The topological polar surface area (TPSA) is 53.4 Å². The Balaban J connectivity index is 2.47. The summed E-state index contributed by atoms with van der Waals surface area (Å²) in [5.74, 6) is -0.464. The number of rotatable bonds is 2. The molecular formula is C13H17ClN2O2. The molecule has 1 aliphatic rings. The number of hydrogen-bond acceptors (Lipinski definition) is 3. The van der Waals surface area contributed by atoms with Gasteiger partial charge in [0.05, 0.1) is 0 Å². The molecule has 0 bridgehead atoms. The normalized spacial score (nSPS) is 24.1. The Labute approximate surface area is 112 Å². The van der Waals surface area contributed by atoms with E-state index in [1.54, 1.807) is 0 Å². The van der Waals surface area contributed by atoms with Gasteiger partial charge in [0.1, 0.15) is 16.5 Å². The van der Waals surface area contributed by atoms with E-state index in [0.29, 0.717) is 11.0 Å². The summed E-state index contributed by atoms with van der Waals surface area (Å²) in [6.07, 6.45) is 3.27. The molecule has 98 valence electrons. The molecule has 1 fully saturated rings. The number of carbonyl (C=O) groups is 1. The monoisotopic (exact) mass is 268 g/mol. The maximum atomic E-state index is 11.3. The van der Waals surface area contributed by atoms with Gasteiger partial charge < -0.3 is 10.0 Å². The fraction of sp³-hybridized carbons (Fsp3) is 0.538. The lowest BCUT2D eigenvalue weighted by Gasteiger charge is -2.40. The maximum Gasteiger partial charge on any atom is 0.339 e. The van der Waals surface area contributed by atoms with Gasteiger partial charge in [-0.15, -0.1) is 0 Å². The van der Waals surface area contributed by atoms with Crippen LogP contribution in [0, 0.1) is 0 Å². The Hall–Kier alpha value is -1.29. The van der Waals surface area contributed by atoms with Crippen molar-refractivity contribution in [2.75, 3.05) is 4.90 Å². The zero-order valence-electron chi connectivity index (χ0n) is 10.6. The Bertz CT molecular complexity index is 454. The highest BCUT2D eigenvalue weighted by atomic mass is 35.5. The standard InChI is InChI=1S/C13H17ClN2O2/c1-8-4-3-5-9(2)16(8)12-10(13(17)18)6-7-11(14)15-12/h6-9H,3-5H2,1-2H3,(H,17,18)/t8-,9+. The highest BCUT2D eigenvalue weighted by Gasteiger charge is 2.29. The lowest BCUT2D eigenvalue weighted by atomic mass is 9.97. The summed E-state index contributed by atoms with van der Waals surface area (Å²) in [6.45, 7) is 4.20. The van der Waals surface area contributed by atoms with Gasteiger partial charge in [0.2, 0.25) is 0 Å². The van der Waals surface area contributed by atoms with Crippen molar-refractivity contribution in [2.24, 2.45) is 0 Å². The minimum Gasteiger partial charge on any atom is -0.478 e. The fourth-order valence-corrected chi connectivity index (χ4v) is 2.77. The first kappa shape index (κ1) is 13.1. The molecule has 2 heterocycles. The number of aromatic nitrogens is 1. The van der Waals surface area contributed by atoms with Crippen molar-refractivity contribution in [3.05, 3.63) is 22.8 Å². The Morgan fingerprint density at radius 3 is 2.56 bits per heavy atom. The molecule has 1 aromatic heterocycles. The van der Waals surface area contributed by atoms with Crippen molar-refractivity contribution in [3.63, 3.8) is 0 Å². The predicted octanol–water partition coefficient (Wildman–Crippen LogP) is 3.20. The number of halogens is 1. The summed E-state index contributed by atoms with van der Waals surface area (Å²) in [5.41, 5.74) is 0.222. The number of hydrogen-bond donors (Lipinski definition) is 1. The smallest absolute Gasteiger partial charge is 0.339 e. The van der Waals surface area contributed by atoms with Crippen LogP contribution in [0.1, 0.15) is 43.5 Å². The number of pyridine rings is 1. The van der Waals surface area contributed by atoms with Crippen LogP contribution in [0.3, 0.4) is 0 Å². The molecule has 5 heteroatoms. The van der Waals surface area contributed by atoms with Crippen LogP contribution < -0.4 is 4.90 Å². The molecule has 0 unspecified atom stereocenters. The van der Waals surface area contributed by atoms with Crippen LogP contribution in [0.25, 0.3) is 0 Å². The SMILES string of the molecule is C[C@@H]1CCC[C@H](C)N1c1nc(Cl)ccc1C(=O)O. The van der Waals surface area contributed by atoms with E-state index >= 15 is 0 Å². The minimum absolute atomic E-state index is 0.222. The lowest BCUT2D eigenvalue weighted by molar-refractivity contribution is 0.0697. The van der Waals surface area contributed by atoms with Gasteiger partial charge in [0, 0.05) is 12.1 Å². The molecule has 1 aliphatic heterocycles. The summed E-state index contributed by atoms with van der Waals surface area (Å²) in [7, 11) is 0. The molecule has 1 saturated heterocycles. The van der Waals surface area contributed by atoms with E-state index in [-0.39, 0.29) is 17.6 Å². The summed E-state index contributed by atoms with van der Waals surface area (Å²) in [4.78, 5) is 17.6. The molecule has 0 saturated carbocycles.